The van der Waals surface area contributed by atoms with Crippen LogP contribution in [-0.2, 0) is 61.5 Å². The first-order valence-electron chi connectivity index (χ1n) is 43.7. The molecule has 139 heavy (non-hydrogen) atoms. The van der Waals surface area contributed by atoms with Crippen LogP contribution in [0.3, 0.4) is 0 Å². The van der Waals surface area contributed by atoms with Gasteiger partial charge in [0.15, 0.2) is 11.7 Å². The zero-order valence-corrected chi connectivity index (χ0v) is 75.7. The fraction of sp³-hybridized carbons (Fsp3) is 0.220. The molecular weight excluding hydrogens is 1790 g/mol. The highest BCUT2D eigenvalue weighted by molar-refractivity contribution is 6.02. The van der Waals surface area contributed by atoms with E-state index in [0.717, 1.165) is 117 Å². The SMILES string of the molecule is CC(=O)O/N=C(\N)c1ccc2c(c1)CCC2NC(=O)c1cc(C(=O)NCc2ccc(F)c(C)c2)ncn1.Cc1cc(CNC(=O)c2cc(C(=O)NC3CCc4cc(/C(N)=N\O)ccc43)ncn2)ccc1F.Cc1cc(CNC(=O)c2cc(C(=O)NC3CCc4cc(C#N)ccc43)ncn2)ccc1F.Cc1nc(-c2ccc3c(c2)CCC3NC(=O)c2cc(C(=O)NCc3ccc(F)c(C)c3)ncn2)no1. The van der Waals surface area contributed by atoms with Crippen molar-refractivity contribution < 1.29 is 75.3 Å². The number of hydrogen-bond acceptors (Lipinski definition) is 25. The normalized spacial score (nSPS) is 14.6. The predicted molar refractivity (Wildman–Crippen MR) is 495 cm³/mol. The molecule has 4 aliphatic rings. The van der Waals surface area contributed by atoms with E-state index in [0.29, 0.717) is 69.9 Å². The van der Waals surface area contributed by atoms with Gasteiger partial charge >= 0.3 is 5.97 Å². The first-order valence-corrected chi connectivity index (χ1v) is 43.7. The summed E-state index contributed by atoms with van der Waals surface area (Å²) in [5, 5.41) is 51.2. The van der Waals surface area contributed by atoms with Crippen LogP contribution in [0.25, 0.3) is 11.4 Å². The van der Waals surface area contributed by atoms with E-state index in [4.69, 9.17) is 26.5 Å². The molecule has 0 aliphatic heterocycles. The quantitative estimate of drug-likeness (QED) is 0.00668. The second-order valence-electron chi connectivity index (χ2n) is 32.9. The highest BCUT2D eigenvalue weighted by atomic mass is 19.1. The predicted octanol–water partition coefficient (Wildman–Crippen LogP) is 11.6. The molecule has 4 aliphatic carbocycles. The first kappa shape index (κ1) is 97.4. The van der Waals surface area contributed by atoms with Crippen LogP contribution in [0.5, 0.6) is 0 Å². The van der Waals surface area contributed by atoms with Crippen molar-refractivity contribution in [2.75, 3.05) is 0 Å². The molecule has 0 saturated carbocycles. The fourth-order valence-corrected chi connectivity index (χ4v) is 15.9. The second-order valence-corrected chi connectivity index (χ2v) is 32.9. The van der Waals surface area contributed by atoms with Crippen LogP contribution in [0.15, 0.2) is 210 Å². The monoisotopic (exact) mass is 1880 g/mol. The molecule has 5 aromatic heterocycles. The summed E-state index contributed by atoms with van der Waals surface area (Å²) in [6.07, 6.45) is 10.5. The third kappa shape index (κ3) is 24.9. The number of nitrogens with one attached hydrogen (secondary N) is 8. The molecule has 4 atom stereocenters. The number of aromatic nitrogens is 10. The summed E-state index contributed by atoms with van der Waals surface area (Å²) in [7, 11) is 0. The topological polar surface area (TPSA) is 522 Å². The zero-order chi connectivity index (χ0) is 98.7. The van der Waals surface area contributed by atoms with Crippen molar-refractivity contribution in [1.82, 2.24) is 92.5 Å². The molecule has 39 heteroatoms. The van der Waals surface area contributed by atoms with Crippen molar-refractivity contribution in [2.24, 2.45) is 21.8 Å². The number of rotatable bonds is 24. The molecule has 0 saturated heterocycles. The Hall–Kier alpha value is -17.6. The number of carbonyl (C=O) groups excluding carboxylic acids is 9. The Balaban J connectivity index is 0.000000148. The Morgan fingerprint density at radius 2 is 0.705 bits per heavy atom. The molecule has 0 radical (unpaired) electrons. The van der Waals surface area contributed by atoms with Gasteiger partial charge in [0, 0.05) is 81.0 Å². The Bertz CT molecular complexity index is 7070. The summed E-state index contributed by atoms with van der Waals surface area (Å²) in [4.78, 5) is 153. The lowest BCUT2D eigenvalue weighted by molar-refractivity contribution is -0.141. The molecule has 13 N–H and O–H groups in total. The number of fused-ring (bicyclic) bond motifs is 4. The highest BCUT2D eigenvalue weighted by Gasteiger charge is 2.32. The summed E-state index contributed by atoms with van der Waals surface area (Å²) >= 11 is 0. The Morgan fingerprint density at radius 1 is 0.403 bits per heavy atom. The molecule has 13 aromatic rings. The fourth-order valence-electron chi connectivity index (χ4n) is 15.9. The Kier molecular flexibility index (Phi) is 31.2. The molecule has 8 amide bonds. The van der Waals surface area contributed by atoms with Gasteiger partial charge in [0.2, 0.25) is 11.7 Å². The maximum Gasteiger partial charge on any atom is 0.332 e. The Labute approximate surface area is 792 Å². The van der Waals surface area contributed by atoms with Gasteiger partial charge in [0.1, 0.15) is 94.1 Å². The van der Waals surface area contributed by atoms with Crippen LogP contribution < -0.4 is 54.0 Å². The molecule has 35 nitrogen and oxygen atoms in total. The molecule has 0 spiro atoms. The molecule has 0 fully saturated rings. The van der Waals surface area contributed by atoms with Crippen LogP contribution >= 0.6 is 0 Å². The van der Waals surface area contributed by atoms with Gasteiger partial charge in [-0.15, -0.1) is 0 Å². The molecule has 706 valence electrons. The third-order valence-electron chi connectivity index (χ3n) is 23.2. The maximum atomic E-state index is 13.4. The van der Waals surface area contributed by atoms with Gasteiger partial charge in [0.05, 0.1) is 35.8 Å². The molecule has 8 aromatic carbocycles. The van der Waals surface area contributed by atoms with Crippen LogP contribution in [0, 0.1) is 69.2 Å². The lowest BCUT2D eigenvalue weighted by Gasteiger charge is -2.14. The summed E-state index contributed by atoms with van der Waals surface area (Å²) in [5.41, 5.74) is 27.7. The van der Waals surface area contributed by atoms with E-state index < -0.39 is 53.2 Å². The number of amides is 8. The summed E-state index contributed by atoms with van der Waals surface area (Å²) in [6.45, 7) is 10.4. The Morgan fingerprint density at radius 3 is 1.01 bits per heavy atom. The van der Waals surface area contributed by atoms with Crippen LogP contribution in [0.1, 0.15) is 252 Å². The number of hydrogen-bond donors (Lipinski definition) is 11. The molecule has 17 rings (SSSR count). The number of nitrogens with zero attached hydrogens (tertiary/aromatic N) is 13. The lowest BCUT2D eigenvalue weighted by atomic mass is 10.0. The van der Waals surface area contributed by atoms with Gasteiger partial charge < -0.3 is 68.6 Å². The van der Waals surface area contributed by atoms with Crippen molar-refractivity contribution in [2.45, 2.75) is 143 Å². The second kappa shape index (κ2) is 44.5. The number of aryl methyl sites for hydroxylation is 9. The van der Waals surface area contributed by atoms with Crippen molar-refractivity contribution >= 4 is 64.9 Å². The van der Waals surface area contributed by atoms with Gasteiger partial charge in [-0.25, -0.2) is 62.2 Å². The van der Waals surface area contributed by atoms with Gasteiger partial charge in [-0.05, 0) is 223 Å². The van der Waals surface area contributed by atoms with E-state index >= 15 is 0 Å². The summed E-state index contributed by atoms with van der Waals surface area (Å²) in [5.74, 6) is -4.20. The van der Waals surface area contributed by atoms with E-state index in [2.05, 4.69) is 114 Å². The number of carbonyl (C=O) groups is 9. The molecule has 5 heterocycles. The number of halogens is 4. The van der Waals surface area contributed by atoms with Crippen LogP contribution in [0.4, 0.5) is 17.6 Å². The van der Waals surface area contributed by atoms with E-state index in [1.54, 1.807) is 101 Å². The third-order valence-corrected chi connectivity index (χ3v) is 23.2. The zero-order valence-electron chi connectivity index (χ0n) is 75.7. The van der Waals surface area contributed by atoms with E-state index in [1.807, 2.05) is 54.6 Å². The first-order chi connectivity index (χ1) is 66.9. The average Bonchev–Trinajstić information content (AvgIpc) is 1.74. The minimum absolute atomic E-state index is 0.0247. The number of nitrogens with two attached hydrogens (primary N) is 2. The number of oxime groups is 2. The van der Waals surface area contributed by atoms with Crippen molar-refractivity contribution in [3.63, 3.8) is 0 Å². The van der Waals surface area contributed by atoms with E-state index in [9.17, 15) is 60.7 Å². The lowest BCUT2D eigenvalue weighted by Crippen LogP contribution is -2.29. The van der Waals surface area contributed by atoms with Crippen molar-refractivity contribution in [3.05, 3.63) is 376 Å². The van der Waals surface area contributed by atoms with Crippen LogP contribution in [-0.4, -0.2) is 120 Å². The van der Waals surface area contributed by atoms with E-state index in [1.165, 1.54) is 68.1 Å². The minimum atomic E-state index is -0.569. The van der Waals surface area contributed by atoms with Crippen molar-refractivity contribution in [1.29, 1.82) is 5.26 Å². The standard InChI is InChI=1S/C26H25FN6O4.C26H23FN6O3.C24H23FN6O3.C24H20FN5O2/c1-14-9-16(3-7-20(14)27)12-29-25(35)22-11-23(31-13-30-22)26(36)32-21-8-5-17-10-18(4-6-19(17)21)24(28)33-37-15(2)34;1-14-9-16(3-7-20(14)27)12-28-25(34)22-11-23(30-13-29-22)26(35)32-21-8-5-17-10-18(4-6-19(17)21)24-31-15(2)36-33-24;1-13-8-14(2-6-18(13)25)11-27-23(32)20-10-21(29-12-28-20)24(33)30-19-7-4-15-9-16(22(26)31-34)3-5-17(15)19;1-14-8-16(3-6-19(14)25)12-27-23(31)21-10-22(29-13-28-21)24(32)30-20-7-4-17-9-15(11-26)2-5-18(17)20/h3-4,6-7,9-11,13,21H,5,8,12H2,1-2H3,(H2,28,33)(H,29,35)(H,32,36);3-4,6-7,9-11,13,21H,5,8,12H2,1-2H3,(H,28,34)(H,32,35);2-3,5-6,8-10,12,19,34H,4,7,11H2,1H3,(H2,26,31)(H,27,32)(H,30,33);2-3,5-6,8-10,13,20H,4,7,12H2,1H3,(H,27,31)(H,30,32). The summed E-state index contributed by atoms with van der Waals surface area (Å²) < 4.78 is 58.8. The van der Waals surface area contributed by atoms with Gasteiger partial charge in [-0.2, -0.15) is 10.2 Å². The maximum absolute atomic E-state index is 13.4. The van der Waals surface area contributed by atoms with Gasteiger partial charge in [-0.3, -0.25) is 38.4 Å². The number of benzene rings is 8. The van der Waals surface area contributed by atoms with Crippen molar-refractivity contribution in [3.8, 4) is 17.5 Å². The minimum Gasteiger partial charge on any atom is -0.409 e. The number of amidine groups is 2. The molecule has 0 bridgehead atoms. The summed E-state index contributed by atoms with van der Waals surface area (Å²) in [6, 6.07) is 47.2. The number of nitriles is 1. The average molecular weight is 1880 g/mol. The molecular formula is C100H91F4N23O12. The highest BCUT2D eigenvalue weighted by Crippen LogP contribution is 2.37. The smallest absolute Gasteiger partial charge is 0.332 e. The van der Waals surface area contributed by atoms with Gasteiger partial charge in [0.25, 0.3) is 47.3 Å². The van der Waals surface area contributed by atoms with Crippen LogP contribution in [0.2, 0.25) is 0 Å². The largest absolute Gasteiger partial charge is 0.409 e. The van der Waals surface area contributed by atoms with Gasteiger partial charge in [-0.1, -0.05) is 106 Å². The molecule has 4 unspecified atom stereocenters. The van der Waals surface area contributed by atoms with E-state index in [-0.39, 0.29) is 131 Å².